The molecule has 4 nitrogen and oxygen atoms in total. The lowest BCUT2D eigenvalue weighted by Crippen LogP contribution is -2.36. The van der Waals surface area contributed by atoms with Gasteiger partial charge in [-0.15, -0.1) is 11.3 Å². The van der Waals surface area contributed by atoms with Crippen molar-refractivity contribution in [3.05, 3.63) is 51.7 Å². The van der Waals surface area contributed by atoms with Gasteiger partial charge >= 0.3 is 0 Å². The van der Waals surface area contributed by atoms with Crippen LogP contribution in [0.25, 0.3) is 0 Å². The summed E-state index contributed by atoms with van der Waals surface area (Å²) in [4.78, 5) is 21.2. The van der Waals surface area contributed by atoms with Gasteiger partial charge in [0, 0.05) is 38.1 Å². The van der Waals surface area contributed by atoms with Crippen LogP contribution in [0.3, 0.4) is 0 Å². The Balaban J connectivity index is 1.55. The van der Waals surface area contributed by atoms with Gasteiger partial charge in [-0.2, -0.15) is 0 Å². The molecule has 1 fully saturated rings. The molecular formula is C18H22FN3OS. The second-order valence-electron chi connectivity index (χ2n) is 6.14. The van der Waals surface area contributed by atoms with Crippen LogP contribution in [0, 0.1) is 12.7 Å². The van der Waals surface area contributed by atoms with E-state index in [4.69, 9.17) is 0 Å². The first-order valence-electron chi connectivity index (χ1n) is 8.26. The molecule has 2 aromatic rings. The number of amides is 1. The van der Waals surface area contributed by atoms with E-state index in [1.165, 1.54) is 6.07 Å². The Morgan fingerprint density at radius 3 is 2.83 bits per heavy atom. The Hall–Kier alpha value is -1.79. The summed E-state index contributed by atoms with van der Waals surface area (Å²) in [5, 5.41) is 3.18. The fourth-order valence-corrected chi connectivity index (χ4v) is 3.61. The molecule has 0 radical (unpaired) electrons. The van der Waals surface area contributed by atoms with Crippen molar-refractivity contribution < 1.29 is 9.18 Å². The van der Waals surface area contributed by atoms with Gasteiger partial charge in [-0.05, 0) is 25.0 Å². The smallest absolute Gasteiger partial charge is 0.227 e. The molecular weight excluding hydrogens is 325 g/mol. The first-order chi connectivity index (χ1) is 11.6. The number of halogens is 1. The van der Waals surface area contributed by atoms with Gasteiger partial charge in [0.2, 0.25) is 5.91 Å². The number of carbonyl (C=O) groups excluding carboxylic acids is 1. The van der Waals surface area contributed by atoms with Gasteiger partial charge in [0.25, 0.3) is 0 Å². The molecule has 0 N–H and O–H groups in total. The fourth-order valence-electron chi connectivity index (χ4n) is 3.00. The molecule has 6 heteroatoms. The quantitative estimate of drug-likeness (QED) is 0.853. The third-order valence-electron chi connectivity index (χ3n) is 4.29. The SMILES string of the molecule is Cc1nc(CN2CCCN(C(=O)Cc3ccccc3F)CC2)cs1. The highest BCUT2D eigenvalue weighted by Gasteiger charge is 2.20. The van der Waals surface area contributed by atoms with Gasteiger partial charge in [-0.25, -0.2) is 9.37 Å². The van der Waals surface area contributed by atoms with Crippen LogP contribution in [0.1, 0.15) is 22.7 Å². The van der Waals surface area contributed by atoms with Crippen molar-refractivity contribution in [2.45, 2.75) is 26.3 Å². The van der Waals surface area contributed by atoms with Crippen molar-refractivity contribution in [3.63, 3.8) is 0 Å². The maximum atomic E-state index is 13.7. The van der Waals surface area contributed by atoms with Crippen LogP contribution >= 0.6 is 11.3 Å². The molecule has 0 atom stereocenters. The molecule has 2 heterocycles. The zero-order valence-corrected chi connectivity index (χ0v) is 14.7. The number of rotatable bonds is 4. The van der Waals surface area contributed by atoms with Crippen LogP contribution in [0.2, 0.25) is 0 Å². The minimum absolute atomic E-state index is 0.00597. The second kappa shape index (κ2) is 7.85. The van der Waals surface area contributed by atoms with Crippen molar-refractivity contribution in [2.24, 2.45) is 0 Å². The molecule has 0 aliphatic carbocycles. The maximum absolute atomic E-state index is 13.7. The van der Waals surface area contributed by atoms with Crippen molar-refractivity contribution in [3.8, 4) is 0 Å². The molecule has 1 saturated heterocycles. The summed E-state index contributed by atoms with van der Waals surface area (Å²) < 4.78 is 13.7. The van der Waals surface area contributed by atoms with E-state index in [1.54, 1.807) is 29.5 Å². The van der Waals surface area contributed by atoms with Gasteiger partial charge in [-0.1, -0.05) is 18.2 Å². The monoisotopic (exact) mass is 347 g/mol. The van der Waals surface area contributed by atoms with E-state index >= 15 is 0 Å². The van der Waals surface area contributed by atoms with E-state index in [2.05, 4.69) is 15.3 Å². The number of hydrogen-bond donors (Lipinski definition) is 0. The summed E-state index contributed by atoms with van der Waals surface area (Å²) in [6.07, 6.45) is 1.07. The number of aromatic nitrogens is 1. The lowest BCUT2D eigenvalue weighted by atomic mass is 10.1. The lowest BCUT2D eigenvalue weighted by molar-refractivity contribution is -0.130. The predicted octanol–water partition coefficient (Wildman–Crippen LogP) is 2.87. The summed E-state index contributed by atoms with van der Waals surface area (Å²) in [6, 6.07) is 6.50. The molecule has 1 aliphatic heterocycles. The highest BCUT2D eigenvalue weighted by Crippen LogP contribution is 2.14. The zero-order valence-electron chi connectivity index (χ0n) is 13.9. The molecule has 1 aromatic heterocycles. The van der Waals surface area contributed by atoms with Gasteiger partial charge in [-0.3, -0.25) is 9.69 Å². The van der Waals surface area contributed by atoms with E-state index in [1.807, 2.05) is 11.8 Å². The van der Waals surface area contributed by atoms with Crippen LogP contribution in [-0.4, -0.2) is 46.9 Å². The van der Waals surface area contributed by atoms with Gasteiger partial charge in [0.05, 0.1) is 17.1 Å². The number of carbonyl (C=O) groups is 1. The third kappa shape index (κ3) is 4.39. The molecule has 0 bridgehead atoms. The highest BCUT2D eigenvalue weighted by molar-refractivity contribution is 7.09. The van der Waals surface area contributed by atoms with E-state index in [9.17, 15) is 9.18 Å². The summed E-state index contributed by atoms with van der Waals surface area (Å²) in [7, 11) is 0. The van der Waals surface area contributed by atoms with Gasteiger partial charge in [0.1, 0.15) is 5.82 Å². The van der Waals surface area contributed by atoms with Gasteiger partial charge < -0.3 is 4.90 Å². The molecule has 1 aromatic carbocycles. The molecule has 24 heavy (non-hydrogen) atoms. The number of nitrogens with zero attached hydrogens (tertiary/aromatic N) is 3. The largest absolute Gasteiger partial charge is 0.341 e. The highest BCUT2D eigenvalue weighted by atomic mass is 32.1. The molecule has 0 saturated carbocycles. The molecule has 3 rings (SSSR count). The first kappa shape index (κ1) is 17.0. The number of benzene rings is 1. The topological polar surface area (TPSA) is 36.4 Å². The standard InChI is InChI=1S/C18H22FN3OS/c1-14-20-16(13-24-14)12-21-7-4-8-22(10-9-21)18(23)11-15-5-2-3-6-17(15)19/h2-3,5-6,13H,4,7-12H2,1H3. The summed E-state index contributed by atoms with van der Waals surface area (Å²) in [6.45, 7) is 6.06. The predicted molar refractivity (Wildman–Crippen MR) is 93.4 cm³/mol. The maximum Gasteiger partial charge on any atom is 0.227 e. The minimum atomic E-state index is -0.304. The molecule has 128 valence electrons. The van der Waals surface area contributed by atoms with Crippen LogP contribution in [-0.2, 0) is 17.8 Å². The number of hydrogen-bond acceptors (Lipinski definition) is 4. The molecule has 1 aliphatic rings. The van der Waals surface area contributed by atoms with Crippen LogP contribution in [0.4, 0.5) is 4.39 Å². The average molecular weight is 347 g/mol. The Labute approximate surface area is 145 Å². The van der Waals surface area contributed by atoms with Crippen molar-refractivity contribution in [2.75, 3.05) is 26.2 Å². The van der Waals surface area contributed by atoms with Crippen molar-refractivity contribution in [1.82, 2.24) is 14.8 Å². The van der Waals surface area contributed by atoms with Crippen LogP contribution in [0.15, 0.2) is 29.6 Å². The zero-order chi connectivity index (χ0) is 16.9. The fraction of sp³-hybridized carbons (Fsp3) is 0.444. The Bertz CT molecular complexity index is 703. The first-order valence-corrected chi connectivity index (χ1v) is 9.14. The Kier molecular flexibility index (Phi) is 5.58. The summed E-state index contributed by atoms with van der Waals surface area (Å²) in [5.74, 6) is -0.298. The van der Waals surface area contributed by atoms with E-state index in [0.717, 1.165) is 43.3 Å². The lowest BCUT2D eigenvalue weighted by Gasteiger charge is -2.21. The van der Waals surface area contributed by atoms with E-state index in [0.29, 0.717) is 12.1 Å². The molecule has 0 unspecified atom stereocenters. The summed E-state index contributed by atoms with van der Waals surface area (Å²) in [5.41, 5.74) is 1.57. The van der Waals surface area contributed by atoms with E-state index < -0.39 is 0 Å². The van der Waals surface area contributed by atoms with E-state index in [-0.39, 0.29) is 18.1 Å². The molecule has 1 amide bonds. The Morgan fingerprint density at radius 1 is 1.25 bits per heavy atom. The average Bonchev–Trinajstić information content (AvgIpc) is 2.82. The van der Waals surface area contributed by atoms with Crippen LogP contribution < -0.4 is 0 Å². The third-order valence-corrected chi connectivity index (χ3v) is 5.12. The normalized spacial score (nSPS) is 16.2. The van der Waals surface area contributed by atoms with Gasteiger partial charge in [0.15, 0.2) is 0 Å². The number of thiazole rings is 1. The number of aryl methyl sites for hydroxylation is 1. The summed E-state index contributed by atoms with van der Waals surface area (Å²) >= 11 is 1.67. The van der Waals surface area contributed by atoms with Crippen molar-refractivity contribution >= 4 is 17.2 Å². The van der Waals surface area contributed by atoms with Crippen molar-refractivity contribution in [1.29, 1.82) is 0 Å². The second-order valence-corrected chi connectivity index (χ2v) is 7.20. The van der Waals surface area contributed by atoms with Crippen LogP contribution in [0.5, 0.6) is 0 Å². The molecule has 0 spiro atoms. The minimum Gasteiger partial charge on any atom is -0.341 e. The Morgan fingerprint density at radius 2 is 2.08 bits per heavy atom.